The maximum absolute atomic E-state index is 10.6. The van der Waals surface area contributed by atoms with Crippen molar-refractivity contribution in [2.24, 2.45) is 0 Å². The van der Waals surface area contributed by atoms with Crippen molar-refractivity contribution >= 4 is 0 Å². The average Bonchev–Trinajstić information content (AvgIpc) is 2.15. The molecule has 0 aliphatic carbocycles. The van der Waals surface area contributed by atoms with E-state index in [1.807, 2.05) is 6.07 Å². The summed E-state index contributed by atoms with van der Waals surface area (Å²) in [7, 11) is 0. The normalized spacial score (nSPS) is 13.0. The number of hydrogen-bond donors (Lipinski definition) is 0. The van der Waals surface area contributed by atoms with Crippen LogP contribution < -0.4 is 0 Å². The molecule has 1 aromatic carbocycles. The molecule has 0 fully saturated rings. The van der Waals surface area contributed by atoms with Gasteiger partial charge in [-0.05, 0) is 13.0 Å². The lowest BCUT2D eigenvalue weighted by atomic mass is 10.1. The van der Waals surface area contributed by atoms with E-state index >= 15 is 0 Å². The first kappa shape index (κ1) is 9.45. The largest absolute Gasteiger partial charge is 0.264 e. The van der Waals surface area contributed by atoms with Crippen LogP contribution in [0.4, 0.5) is 0 Å². The number of allylic oxidation sites excluding steroid dienone is 1. The number of nitrogens with zero attached hydrogens (tertiary/aromatic N) is 1. The van der Waals surface area contributed by atoms with E-state index in [0.717, 1.165) is 0 Å². The summed E-state index contributed by atoms with van der Waals surface area (Å²) in [6.07, 6.45) is 3.27. The van der Waals surface area contributed by atoms with Crippen LogP contribution in [0.3, 0.4) is 0 Å². The predicted octanol–water partition coefficient (Wildman–Crippen LogP) is 2.58. The molecule has 1 unspecified atom stereocenters. The zero-order chi connectivity index (χ0) is 9.68. The summed E-state index contributed by atoms with van der Waals surface area (Å²) < 4.78 is 0. The summed E-state index contributed by atoms with van der Waals surface area (Å²) in [6, 6.07) is 8.24. The van der Waals surface area contributed by atoms with Gasteiger partial charge in [0.1, 0.15) is 0 Å². The molecule has 0 saturated heterocycles. The van der Waals surface area contributed by atoms with Crippen LogP contribution in [0, 0.1) is 10.1 Å². The zero-order valence-corrected chi connectivity index (χ0v) is 7.38. The van der Waals surface area contributed by atoms with Gasteiger partial charge in [-0.3, -0.25) is 10.1 Å². The molecular formula is C10H11NO2. The Labute approximate surface area is 76.9 Å². The first-order valence-corrected chi connectivity index (χ1v) is 4.07. The molecule has 3 heteroatoms. The highest BCUT2D eigenvalue weighted by Gasteiger charge is 2.17. The zero-order valence-electron chi connectivity index (χ0n) is 7.38. The van der Waals surface area contributed by atoms with E-state index in [-0.39, 0.29) is 4.92 Å². The van der Waals surface area contributed by atoms with Crippen molar-refractivity contribution in [2.45, 2.75) is 13.0 Å². The van der Waals surface area contributed by atoms with Crippen molar-refractivity contribution in [3.8, 4) is 0 Å². The van der Waals surface area contributed by atoms with Crippen molar-refractivity contribution in [3.05, 3.63) is 58.2 Å². The Bertz CT molecular complexity index is 306. The molecule has 0 aliphatic rings. The first-order valence-electron chi connectivity index (χ1n) is 4.07. The fraction of sp³-hybridized carbons (Fsp3) is 0.200. The molecule has 1 atom stereocenters. The van der Waals surface area contributed by atoms with Crippen molar-refractivity contribution in [2.75, 3.05) is 0 Å². The van der Waals surface area contributed by atoms with E-state index in [1.165, 1.54) is 0 Å². The molecule has 0 spiro atoms. The van der Waals surface area contributed by atoms with Gasteiger partial charge < -0.3 is 0 Å². The lowest BCUT2D eigenvalue weighted by Gasteiger charge is -2.03. The third-order valence-corrected chi connectivity index (χ3v) is 1.74. The molecule has 0 bridgehead atoms. The van der Waals surface area contributed by atoms with E-state index in [1.54, 1.807) is 43.3 Å². The van der Waals surface area contributed by atoms with Gasteiger partial charge in [-0.2, -0.15) is 0 Å². The molecule has 0 amide bonds. The lowest BCUT2D eigenvalue weighted by molar-refractivity contribution is -0.515. The van der Waals surface area contributed by atoms with Gasteiger partial charge in [0.2, 0.25) is 0 Å². The Kier molecular flexibility index (Phi) is 3.20. The molecule has 0 aliphatic heterocycles. The summed E-state index contributed by atoms with van der Waals surface area (Å²) in [5.41, 5.74) is 0.714. The molecular weight excluding hydrogens is 166 g/mol. The van der Waals surface area contributed by atoms with Crippen molar-refractivity contribution in [3.63, 3.8) is 0 Å². The van der Waals surface area contributed by atoms with Crippen LogP contribution in [0.25, 0.3) is 0 Å². The third-order valence-electron chi connectivity index (χ3n) is 1.74. The van der Waals surface area contributed by atoms with E-state index in [9.17, 15) is 10.1 Å². The number of hydrogen-bond acceptors (Lipinski definition) is 2. The summed E-state index contributed by atoms with van der Waals surface area (Å²) in [6.45, 7) is 1.78. The molecule has 68 valence electrons. The molecule has 3 nitrogen and oxygen atoms in total. The van der Waals surface area contributed by atoms with E-state index in [0.29, 0.717) is 5.56 Å². The first-order chi connectivity index (χ1) is 6.25. The summed E-state index contributed by atoms with van der Waals surface area (Å²) in [5.74, 6) is 0. The second-order valence-corrected chi connectivity index (χ2v) is 2.67. The average molecular weight is 177 g/mol. The molecule has 13 heavy (non-hydrogen) atoms. The Hall–Kier alpha value is -1.64. The van der Waals surface area contributed by atoms with Gasteiger partial charge in [0.15, 0.2) is 0 Å². The lowest BCUT2D eigenvalue weighted by Crippen LogP contribution is -2.06. The van der Waals surface area contributed by atoms with Crippen molar-refractivity contribution in [1.82, 2.24) is 0 Å². The molecule has 1 aromatic rings. The van der Waals surface area contributed by atoms with Crippen LogP contribution in [-0.2, 0) is 0 Å². The van der Waals surface area contributed by atoms with Gasteiger partial charge in [0.25, 0.3) is 6.04 Å². The highest BCUT2D eigenvalue weighted by molar-refractivity contribution is 5.20. The van der Waals surface area contributed by atoms with Gasteiger partial charge in [-0.15, -0.1) is 0 Å². The highest BCUT2D eigenvalue weighted by atomic mass is 16.6. The maximum Gasteiger partial charge on any atom is 0.256 e. The van der Waals surface area contributed by atoms with Crippen LogP contribution in [0.2, 0.25) is 0 Å². The van der Waals surface area contributed by atoms with E-state index in [4.69, 9.17) is 0 Å². The SMILES string of the molecule is CC=CC(c1ccccc1)[N+](=O)[O-]. The standard InChI is InChI=1S/C10H11NO2/c1-2-6-10(11(12)13)9-7-4-3-5-8-9/h2-8,10H,1H3. The minimum absolute atomic E-state index is 0.296. The Morgan fingerprint density at radius 2 is 2.00 bits per heavy atom. The molecule has 1 rings (SSSR count). The number of rotatable bonds is 3. The third kappa shape index (κ3) is 2.40. The second-order valence-electron chi connectivity index (χ2n) is 2.67. The molecule has 0 saturated carbocycles. The quantitative estimate of drug-likeness (QED) is 0.404. The van der Waals surface area contributed by atoms with Gasteiger partial charge in [-0.1, -0.05) is 36.4 Å². The van der Waals surface area contributed by atoms with Gasteiger partial charge in [-0.25, -0.2) is 0 Å². The number of nitro groups is 1. The highest BCUT2D eigenvalue weighted by Crippen LogP contribution is 2.16. The van der Waals surface area contributed by atoms with Crippen LogP contribution in [0.15, 0.2) is 42.5 Å². The summed E-state index contributed by atoms with van der Waals surface area (Å²) >= 11 is 0. The van der Waals surface area contributed by atoms with Crippen molar-refractivity contribution in [1.29, 1.82) is 0 Å². The smallest absolute Gasteiger partial charge is 0.256 e. The van der Waals surface area contributed by atoms with Gasteiger partial charge in [0.05, 0.1) is 0 Å². The Morgan fingerprint density at radius 3 is 2.46 bits per heavy atom. The Balaban J connectivity index is 2.96. The van der Waals surface area contributed by atoms with E-state index in [2.05, 4.69) is 0 Å². The Morgan fingerprint density at radius 1 is 1.38 bits per heavy atom. The number of benzene rings is 1. The monoisotopic (exact) mass is 177 g/mol. The van der Waals surface area contributed by atoms with Gasteiger partial charge in [0, 0.05) is 10.5 Å². The second kappa shape index (κ2) is 4.40. The summed E-state index contributed by atoms with van der Waals surface area (Å²) in [4.78, 5) is 10.3. The molecule has 0 heterocycles. The minimum Gasteiger partial charge on any atom is -0.264 e. The van der Waals surface area contributed by atoms with Gasteiger partial charge >= 0.3 is 0 Å². The predicted molar refractivity (Wildman–Crippen MR) is 51.0 cm³/mol. The minimum atomic E-state index is -0.716. The van der Waals surface area contributed by atoms with Crippen LogP contribution in [0.5, 0.6) is 0 Å². The maximum atomic E-state index is 10.6. The molecule has 0 radical (unpaired) electrons. The van der Waals surface area contributed by atoms with E-state index < -0.39 is 6.04 Å². The van der Waals surface area contributed by atoms with Crippen LogP contribution in [0.1, 0.15) is 18.5 Å². The fourth-order valence-electron chi connectivity index (χ4n) is 1.14. The van der Waals surface area contributed by atoms with Crippen molar-refractivity contribution < 1.29 is 4.92 Å². The van der Waals surface area contributed by atoms with Crippen LogP contribution >= 0.6 is 0 Å². The van der Waals surface area contributed by atoms with Crippen LogP contribution in [-0.4, -0.2) is 4.92 Å². The fourth-order valence-corrected chi connectivity index (χ4v) is 1.14. The molecule has 0 aromatic heterocycles. The molecule has 0 N–H and O–H groups in total. The topological polar surface area (TPSA) is 43.1 Å². The summed E-state index contributed by atoms with van der Waals surface area (Å²) in [5, 5.41) is 10.6.